The maximum Gasteiger partial charge on any atom is 0.163 e. The number of thioether (sulfide) groups is 1. The molecular weight excluding hydrogens is 260 g/mol. The zero-order valence-corrected chi connectivity index (χ0v) is 11.7. The zero-order chi connectivity index (χ0) is 13.1. The van der Waals surface area contributed by atoms with E-state index >= 15 is 0 Å². The van der Waals surface area contributed by atoms with Gasteiger partial charge in [-0.05, 0) is 24.0 Å². The van der Waals surface area contributed by atoms with Gasteiger partial charge in [0.2, 0.25) is 0 Å². The quantitative estimate of drug-likeness (QED) is 0.851. The summed E-state index contributed by atoms with van der Waals surface area (Å²) in [5, 5.41) is 0. The van der Waals surface area contributed by atoms with Crippen LogP contribution in [0.2, 0.25) is 0 Å². The lowest BCUT2D eigenvalue weighted by Gasteiger charge is -2.27. The molecule has 0 radical (unpaired) electrons. The topological polar surface area (TPSA) is 35.5 Å². The molecule has 0 spiro atoms. The Bertz CT molecular complexity index is 454. The minimum absolute atomic E-state index is 0.200. The van der Waals surface area contributed by atoms with Gasteiger partial charge in [-0.2, -0.15) is 11.8 Å². The number of carbonyl (C=O) groups excluding carboxylic acids is 1. The van der Waals surface area contributed by atoms with Crippen LogP contribution in [0.15, 0.2) is 24.3 Å². The molecule has 2 heterocycles. The Morgan fingerprint density at radius 2 is 2.21 bits per heavy atom. The van der Waals surface area contributed by atoms with Crippen molar-refractivity contribution >= 4 is 17.5 Å². The number of carbonyl (C=O) groups is 1. The van der Waals surface area contributed by atoms with Crippen LogP contribution in [0, 0.1) is 0 Å². The Labute approximate surface area is 117 Å². The minimum Gasteiger partial charge on any atom is -0.493 e. The van der Waals surface area contributed by atoms with E-state index in [1.54, 1.807) is 0 Å². The van der Waals surface area contributed by atoms with Gasteiger partial charge in [0.1, 0.15) is 11.9 Å². The van der Waals surface area contributed by atoms with Crippen molar-refractivity contribution in [3.05, 3.63) is 29.8 Å². The van der Waals surface area contributed by atoms with E-state index in [1.165, 1.54) is 5.56 Å². The highest BCUT2D eigenvalue weighted by molar-refractivity contribution is 7.99. The highest BCUT2D eigenvalue weighted by Crippen LogP contribution is 2.36. The fourth-order valence-electron chi connectivity index (χ4n) is 2.68. The molecule has 0 N–H and O–H groups in total. The van der Waals surface area contributed by atoms with Gasteiger partial charge in [-0.25, -0.2) is 0 Å². The molecule has 1 saturated heterocycles. The normalized spacial score (nSPS) is 26.3. The first kappa shape index (κ1) is 13.0. The molecule has 1 aromatic carbocycles. The van der Waals surface area contributed by atoms with E-state index in [0.29, 0.717) is 19.6 Å². The zero-order valence-electron chi connectivity index (χ0n) is 10.8. The van der Waals surface area contributed by atoms with E-state index in [1.807, 2.05) is 30.0 Å². The molecule has 2 aliphatic rings. The molecular formula is C15H18O3S. The van der Waals surface area contributed by atoms with Gasteiger partial charge in [0.15, 0.2) is 5.78 Å². The number of hydrogen-bond donors (Lipinski definition) is 0. The molecule has 3 nitrogen and oxygen atoms in total. The number of benzene rings is 1. The van der Waals surface area contributed by atoms with Gasteiger partial charge in [0.25, 0.3) is 0 Å². The molecule has 2 unspecified atom stereocenters. The lowest BCUT2D eigenvalue weighted by Crippen LogP contribution is -2.33. The van der Waals surface area contributed by atoms with Gasteiger partial charge in [-0.3, -0.25) is 4.79 Å². The molecule has 0 saturated carbocycles. The van der Waals surface area contributed by atoms with Crippen LogP contribution in [-0.2, 0) is 9.53 Å². The summed E-state index contributed by atoms with van der Waals surface area (Å²) >= 11 is 1.81. The fourth-order valence-corrected chi connectivity index (χ4v) is 3.55. The Kier molecular flexibility index (Phi) is 4.09. The number of Topliss-reactive ketones (excluding diaryl/α,β-unsaturated/α-hetero) is 1. The average molecular weight is 278 g/mol. The van der Waals surface area contributed by atoms with Gasteiger partial charge in [0, 0.05) is 17.9 Å². The van der Waals surface area contributed by atoms with E-state index < -0.39 is 0 Å². The van der Waals surface area contributed by atoms with Crippen molar-refractivity contribution in [3.8, 4) is 5.75 Å². The summed E-state index contributed by atoms with van der Waals surface area (Å²) in [5.41, 5.74) is 1.17. The third-order valence-electron chi connectivity index (χ3n) is 3.71. The number of hydrogen-bond acceptors (Lipinski definition) is 4. The minimum atomic E-state index is -0.200. The third kappa shape index (κ3) is 2.95. The standard InChI is InChI=1S/C15H18O3S/c16-13(15-10-19-8-7-18-15)9-11-5-6-17-14-4-2-1-3-12(11)14/h1-4,11,15H,5-10H2. The monoisotopic (exact) mass is 278 g/mol. The maximum absolute atomic E-state index is 12.3. The van der Waals surface area contributed by atoms with Crippen LogP contribution in [0.25, 0.3) is 0 Å². The second-order valence-corrected chi connectivity index (χ2v) is 6.13. The Balaban J connectivity index is 1.68. The molecule has 3 rings (SSSR count). The molecule has 0 aliphatic carbocycles. The van der Waals surface area contributed by atoms with Crippen LogP contribution < -0.4 is 4.74 Å². The summed E-state index contributed by atoms with van der Waals surface area (Å²) in [7, 11) is 0. The first-order chi connectivity index (χ1) is 9.34. The summed E-state index contributed by atoms with van der Waals surface area (Å²) in [4.78, 5) is 12.3. The fraction of sp³-hybridized carbons (Fsp3) is 0.533. The van der Waals surface area contributed by atoms with Crippen LogP contribution >= 0.6 is 11.8 Å². The highest BCUT2D eigenvalue weighted by atomic mass is 32.2. The van der Waals surface area contributed by atoms with E-state index in [4.69, 9.17) is 9.47 Å². The molecule has 102 valence electrons. The van der Waals surface area contributed by atoms with Gasteiger partial charge >= 0.3 is 0 Å². The molecule has 0 aromatic heterocycles. The van der Waals surface area contributed by atoms with Gasteiger partial charge in [-0.15, -0.1) is 0 Å². The lowest BCUT2D eigenvalue weighted by atomic mass is 9.88. The van der Waals surface area contributed by atoms with Crippen molar-refractivity contribution in [1.29, 1.82) is 0 Å². The molecule has 1 fully saturated rings. The average Bonchev–Trinajstić information content (AvgIpc) is 2.48. The van der Waals surface area contributed by atoms with E-state index in [0.717, 1.165) is 23.7 Å². The van der Waals surface area contributed by atoms with E-state index in [-0.39, 0.29) is 17.8 Å². The second-order valence-electron chi connectivity index (χ2n) is 4.98. The lowest BCUT2D eigenvalue weighted by molar-refractivity contribution is -0.129. The third-order valence-corrected chi connectivity index (χ3v) is 4.70. The van der Waals surface area contributed by atoms with Crippen LogP contribution in [0.1, 0.15) is 24.3 Å². The summed E-state index contributed by atoms with van der Waals surface area (Å²) in [6, 6.07) is 8.05. The molecule has 2 atom stereocenters. The Morgan fingerprint density at radius 1 is 1.32 bits per heavy atom. The Hall–Kier alpha value is -1.00. The molecule has 4 heteroatoms. The highest BCUT2D eigenvalue weighted by Gasteiger charge is 2.28. The first-order valence-corrected chi connectivity index (χ1v) is 7.94. The number of ketones is 1. The molecule has 0 amide bonds. The predicted molar refractivity (Wildman–Crippen MR) is 76.0 cm³/mol. The van der Waals surface area contributed by atoms with Gasteiger partial charge < -0.3 is 9.47 Å². The largest absolute Gasteiger partial charge is 0.493 e. The summed E-state index contributed by atoms with van der Waals surface area (Å²) in [6.07, 6.45) is 1.29. The van der Waals surface area contributed by atoms with Gasteiger partial charge in [-0.1, -0.05) is 18.2 Å². The van der Waals surface area contributed by atoms with Gasteiger partial charge in [0.05, 0.1) is 13.2 Å². The Morgan fingerprint density at radius 3 is 3.05 bits per heavy atom. The van der Waals surface area contributed by atoms with Crippen molar-refractivity contribution in [3.63, 3.8) is 0 Å². The summed E-state index contributed by atoms with van der Waals surface area (Å²) in [5.74, 6) is 3.28. The first-order valence-electron chi connectivity index (χ1n) is 6.78. The number of fused-ring (bicyclic) bond motifs is 1. The summed E-state index contributed by atoms with van der Waals surface area (Å²) < 4.78 is 11.2. The number of rotatable bonds is 3. The van der Waals surface area contributed by atoms with Crippen molar-refractivity contribution < 1.29 is 14.3 Å². The van der Waals surface area contributed by atoms with E-state index in [9.17, 15) is 4.79 Å². The number of ether oxygens (including phenoxy) is 2. The van der Waals surface area contributed by atoms with Crippen LogP contribution in [0.5, 0.6) is 5.75 Å². The van der Waals surface area contributed by atoms with Crippen molar-refractivity contribution in [2.24, 2.45) is 0 Å². The van der Waals surface area contributed by atoms with Crippen molar-refractivity contribution in [2.75, 3.05) is 24.7 Å². The SMILES string of the molecule is O=C(CC1CCOc2ccccc21)C1CSCCO1. The predicted octanol–water partition coefficient (Wildman–Crippen LogP) is 2.64. The number of para-hydroxylation sites is 1. The maximum atomic E-state index is 12.3. The smallest absolute Gasteiger partial charge is 0.163 e. The van der Waals surface area contributed by atoms with Crippen LogP contribution in [-0.4, -0.2) is 36.6 Å². The van der Waals surface area contributed by atoms with Crippen molar-refractivity contribution in [2.45, 2.75) is 24.9 Å². The molecule has 19 heavy (non-hydrogen) atoms. The van der Waals surface area contributed by atoms with Crippen LogP contribution in [0.3, 0.4) is 0 Å². The van der Waals surface area contributed by atoms with Crippen LogP contribution in [0.4, 0.5) is 0 Å². The van der Waals surface area contributed by atoms with E-state index in [2.05, 4.69) is 6.07 Å². The van der Waals surface area contributed by atoms with Crippen molar-refractivity contribution in [1.82, 2.24) is 0 Å². The molecule has 0 bridgehead atoms. The summed E-state index contributed by atoms with van der Waals surface area (Å²) in [6.45, 7) is 1.40. The second kappa shape index (κ2) is 5.97. The molecule has 1 aromatic rings. The molecule has 2 aliphatic heterocycles.